The Bertz CT molecular complexity index is 98.9. The highest BCUT2D eigenvalue weighted by Crippen LogP contribution is 2.06. The highest BCUT2D eigenvalue weighted by atomic mass is 32.1. The maximum absolute atomic E-state index is 5.06. The molecule has 82 valence electrons. The molecule has 2 nitrogen and oxygen atoms in total. The van der Waals surface area contributed by atoms with Gasteiger partial charge < -0.3 is 4.74 Å². The van der Waals surface area contributed by atoms with Gasteiger partial charge in [-0.05, 0) is 20.8 Å². The van der Waals surface area contributed by atoms with Gasteiger partial charge >= 0.3 is 0 Å². The Labute approximate surface area is 89.1 Å². The lowest BCUT2D eigenvalue weighted by atomic mass is 10.2. The molecule has 0 aliphatic heterocycles. The molecule has 0 aliphatic carbocycles. The van der Waals surface area contributed by atoms with Crippen LogP contribution in [0.5, 0.6) is 0 Å². The van der Waals surface area contributed by atoms with Crippen LogP contribution in [-0.4, -0.2) is 36.6 Å². The van der Waals surface area contributed by atoms with E-state index in [1.165, 1.54) is 0 Å². The first kappa shape index (κ1) is 15.7. The molecule has 0 aliphatic rings. The third kappa shape index (κ3) is 7.35. The van der Waals surface area contributed by atoms with Crippen LogP contribution in [0.3, 0.4) is 0 Å². The summed E-state index contributed by atoms with van der Waals surface area (Å²) in [6.45, 7) is 11.3. The third-order valence-corrected chi connectivity index (χ3v) is 2.13. The van der Waals surface area contributed by atoms with Crippen LogP contribution in [0.4, 0.5) is 0 Å². The lowest BCUT2D eigenvalue weighted by Gasteiger charge is -2.30. The molecular formula is C10H25NOS. The van der Waals surface area contributed by atoms with Crippen molar-refractivity contribution in [3.63, 3.8) is 0 Å². The van der Waals surface area contributed by atoms with Crippen molar-refractivity contribution in [2.75, 3.05) is 19.6 Å². The minimum atomic E-state index is 0.456. The number of methoxy groups -OCH3 is 1. The molecule has 1 unspecified atom stereocenters. The Balaban J connectivity index is 0. The number of hydrogen-bond acceptors (Lipinski definition) is 3. The third-order valence-electron chi connectivity index (χ3n) is 1.80. The molecule has 0 rings (SSSR count). The van der Waals surface area contributed by atoms with Crippen molar-refractivity contribution < 1.29 is 4.74 Å². The predicted molar refractivity (Wildman–Crippen MR) is 63.5 cm³/mol. The molecular weight excluding hydrogens is 182 g/mol. The van der Waals surface area contributed by atoms with Gasteiger partial charge in [0.15, 0.2) is 0 Å². The van der Waals surface area contributed by atoms with E-state index >= 15 is 0 Å². The fraction of sp³-hybridized carbons (Fsp3) is 1.00. The zero-order valence-electron chi connectivity index (χ0n) is 9.87. The topological polar surface area (TPSA) is 12.5 Å². The van der Waals surface area contributed by atoms with Crippen molar-refractivity contribution >= 4 is 12.6 Å². The van der Waals surface area contributed by atoms with Gasteiger partial charge in [0.25, 0.3) is 0 Å². The number of rotatable bonds is 5. The van der Waals surface area contributed by atoms with E-state index in [1.807, 2.05) is 13.8 Å². The van der Waals surface area contributed by atoms with E-state index in [0.29, 0.717) is 12.1 Å². The Morgan fingerprint density at radius 2 is 1.69 bits per heavy atom. The molecule has 0 heterocycles. The molecule has 0 amide bonds. The predicted octanol–water partition coefficient (Wildman–Crippen LogP) is 2.65. The number of thiol groups is 1. The summed E-state index contributed by atoms with van der Waals surface area (Å²) < 4.78 is 5.06. The van der Waals surface area contributed by atoms with Crippen molar-refractivity contribution in [3.8, 4) is 0 Å². The zero-order chi connectivity index (χ0) is 10.9. The molecule has 0 N–H and O–H groups in total. The molecule has 0 saturated heterocycles. The molecule has 0 radical (unpaired) electrons. The summed E-state index contributed by atoms with van der Waals surface area (Å²) in [4.78, 5) is 2.28. The summed E-state index contributed by atoms with van der Waals surface area (Å²) >= 11 is 4.26. The maximum atomic E-state index is 5.06. The Hall–Kier alpha value is 0.270. The molecule has 0 aromatic carbocycles. The van der Waals surface area contributed by atoms with Gasteiger partial charge in [-0.1, -0.05) is 13.8 Å². The van der Waals surface area contributed by atoms with Gasteiger partial charge in [-0.2, -0.15) is 12.6 Å². The molecule has 13 heavy (non-hydrogen) atoms. The van der Waals surface area contributed by atoms with Crippen LogP contribution in [0, 0.1) is 0 Å². The van der Waals surface area contributed by atoms with Crippen LogP contribution in [0.1, 0.15) is 34.6 Å². The highest BCUT2D eigenvalue weighted by Gasteiger charge is 2.14. The standard InChI is InChI=1S/C8H19NOS.C2H6/c1-7(2)9(6-11)8(3)5-10-4;1-2/h7-8,11H,5-6H2,1-4H3;1-2H3. The van der Waals surface area contributed by atoms with E-state index in [2.05, 4.69) is 38.3 Å². The summed E-state index contributed by atoms with van der Waals surface area (Å²) in [6.07, 6.45) is 0. The SMILES string of the molecule is CC.COCC(C)N(CS)C(C)C. The van der Waals surface area contributed by atoms with E-state index < -0.39 is 0 Å². The highest BCUT2D eigenvalue weighted by molar-refractivity contribution is 7.80. The summed E-state index contributed by atoms with van der Waals surface area (Å²) in [6, 6.07) is 0.996. The number of ether oxygens (including phenoxy) is 1. The largest absolute Gasteiger partial charge is 0.383 e. The molecule has 0 fully saturated rings. The Kier molecular flexibility index (Phi) is 12.5. The van der Waals surface area contributed by atoms with Gasteiger partial charge in [0.1, 0.15) is 0 Å². The van der Waals surface area contributed by atoms with Crippen LogP contribution >= 0.6 is 12.6 Å². The summed E-state index contributed by atoms with van der Waals surface area (Å²) in [5.74, 6) is 0.794. The number of nitrogens with zero attached hydrogens (tertiary/aromatic N) is 1. The van der Waals surface area contributed by atoms with Crippen LogP contribution < -0.4 is 0 Å². The van der Waals surface area contributed by atoms with Gasteiger partial charge in [0.2, 0.25) is 0 Å². The average molecular weight is 207 g/mol. The minimum absolute atomic E-state index is 0.456. The normalized spacial score (nSPS) is 12.7. The smallest absolute Gasteiger partial charge is 0.0615 e. The fourth-order valence-electron chi connectivity index (χ4n) is 1.15. The fourth-order valence-corrected chi connectivity index (χ4v) is 1.75. The quantitative estimate of drug-likeness (QED) is 0.549. The van der Waals surface area contributed by atoms with Crippen LogP contribution in [0.15, 0.2) is 0 Å². The minimum Gasteiger partial charge on any atom is -0.383 e. The van der Waals surface area contributed by atoms with Gasteiger partial charge in [-0.25, -0.2) is 0 Å². The van der Waals surface area contributed by atoms with Crippen molar-refractivity contribution in [2.45, 2.75) is 46.7 Å². The van der Waals surface area contributed by atoms with Crippen LogP contribution in [0.2, 0.25) is 0 Å². The first-order valence-electron chi connectivity index (χ1n) is 4.99. The second kappa shape index (κ2) is 10.4. The summed E-state index contributed by atoms with van der Waals surface area (Å²) in [5.41, 5.74) is 0. The second-order valence-corrected chi connectivity index (χ2v) is 3.34. The van der Waals surface area contributed by atoms with Crippen molar-refractivity contribution in [3.05, 3.63) is 0 Å². The molecule has 1 atom stereocenters. The summed E-state index contributed by atoms with van der Waals surface area (Å²) in [7, 11) is 1.73. The summed E-state index contributed by atoms with van der Waals surface area (Å²) in [5, 5.41) is 0. The average Bonchev–Trinajstić information content (AvgIpc) is 2.09. The lowest BCUT2D eigenvalue weighted by molar-refractivity contribution is 0.0944. The molecule has 0 saturated carbocycles. The second-order valence-electron chi connectivity index (χ2n) is 3.05. The van der Waals surface area contributed by atoms with E-state index in [1.54, 1.807) is 7.11 Å². The van der Waals surface area contributed by atoms with Crippen LogP contribution in [0.25, 0.3) is 0 Å². The Morgan fingerprint density at radius 3 is 1.92 bits per heavy atom. The molecule has 0 bridgehead atoms. The first-order valence-corrected chi connectivity index (χ1v) is 5.62. The van der Waals surface area contributed by atoms with Crippen molar-refractivity contribution in [2.24, 2.45) is 0 Å². The van der Waals surface area contributed by atoms with Crippen LogP contribution in [-0.2, 0) is 4.74 Å². The van der Waals surface area contributed by atoms with E-state index in [4.69, 9.17) is 4.74 Å². The van der Waals surface area contributed by atoms with Gasteiger partial charge in [0, 0.05) is 25.1 Å². The monoisotopic (exact) mass is 207 g/mol. The maximum Gasteiger partial charge on any atom is 0.0615 e. The first-order chi connectivity index (χ1) is 6.13. The van der Waals surface area contributed by atoms with Crippen molar-refractivity contribution in [1.82, 2.24) is 4.90 Å². The molecule has 3 heteroatoms. The van der Waals surface area contributed by atoms with Gasteiger partial charge in [0.05, 0.1) is 6.61 Å². The van der Waals surface area contributed by atoms with E-state index in [9.17, 15) is 0 Å². The molecule has 0 aromatic rings. The Morgan fingerprint density at radius 1 is 1.23 bits per heavy atom. The van der Waals surface area contributed by atoms with E-state index in [0.717, 1.165) is 12.5 Å². The van der Waals surface area contributed by atoms with Gasteiger partial charge in [-0.3, -0.25) is 4.90 Å². The van der Waals surface area contributed by atoms with Gasteiger partial charge in [-0.15, -0.1) is 0 Å². The molecule has 0 spiro atoms. The van der Waals surface area contributed by atoms with E-state index in [-0.39, 0.29) is 0 Å². The number of hydrogen-bond donors (Lipinski definition) is 1. The molecule has 0 aromatic heterocycles. The van der Waals surface area contributed by atoms with Crippen molar-refractivity contribution in [1.29, 1.82) is 0 Å². The zero-order valence-corrected chi connectivity index (χ0v) is 10.8. The lowest BCUT2D eigenvalue weighted by Crippen LogP contribution is -2.40.